The Bertz CT molecular complexity index is 489. The van der Waals surface area contributed by atoms with Gasteiger partial charge < -0.3 is 5.32 Å². The van der Waals surface area contributed by atoms with Gasteiger partial charge in [-0.1, -0.05) is 45.1 Å². The molecule has 5 heteroatoms. The van der Waals surface area contributed by atoms with Crippen molar-refractivity contribution in [1.29, 1.82) is 0 Å². The fraction of sp³-hybridized carbons (Fsp3) is 0.571. The van der Waals surface area contributed by atoms with E-state index < -0.39 is 0 Å². The number of hydrogen-bond acceptors (Lipinski definition) is 5. The summed E-state index contributed by atoms with van der Waals surface area (Å²) in [6.07, 6.45) is 1.00. The van der Waals surface area contributed by atoms with Crippen molar-refractivity contribution in [3.63, 3.8) is 0 Å². The van der Waals surface area contributed by atoms with Crippen LogP contribution in [0, 0.1) is 11.8 Å². The molecule has 3 nitrogen and oxygen atoms in total. The van der Waals surface area contributed by atoms with Crippen molar-refractivity contribution >= 4 is 27.8 Å². The van der Waals surface area contributed by atoms with E-state index in [0.717, 1.165) is 16.6 Å². The zero-order chi connectivity index (χ0) is 13.8. The van der Waals surface area contributed by atoms with Crippen LogP contribution in [-0.2, 0) is 6.42 Å². The molecule has 0 spiro atoms. The third-order valence-electron chi connectivity index (χ3n) is 2.85. The molecule has 1 N–H and O–H groups in total. The number of nitrogens with one attached hydrogen (secondary N) is 1. The normalized spacial score (nSPS) is 13.2. The lowest BCUT2D eigenvalue weighted by Crippen LogP contribution is -2.15. The van der Waals surface area contributed by atoms with Gasteiger partial charge in [-0.2, -0.15) is 0 Å². The number of aromatic nitrogens is 2. The molecule has 1 unspecified atom stereocenters. The topological polar surface area (TPSA) is 37.8 Å². The highest BCUT2D eigenvalue weighted by Gasteiger charge is 2.18. The molecule has 0 radical (unpaired) electrons. The third kappa shape index (κ3) is 4.01. The Morgan fingerprint density at radius 2 is 2.00 bits per heavy atom. The molecular formula is C14H21N3S2. The second kappa shape index (κ2) is 6.48. The van der Waals surface area contributed by atoms with Gasteiger partial charge in [0.15, 0.2) is 0 Å². The number of anilines is 1. The Balaban J connectivity index is 2.07. The van der Waals surface area contributed by atoms with Gasteiger partial charge in [-0.15, -0.1) is 21.5 Å². The Kier molecular flexibility index (Phi) is 4.93. The van der Waals surface area contributed by atoms with Crippen LogP contribution in [0.25, 0.3) is 0 Å². The Labute approximate surface area is 123 Å². The molecule has 0 aromatic carbocycles. The van der Waals surface area contributed by atoms with Crippen LogP contribution >= 0.6 is 22.7 Å². The van der Waals surface area contributed by atoms with Crippen molar-refractivity contribution < 1.29 is 0 Å². The van der Waals surface area contributed by atoms with Gasteiger partial charge in [-0.3, -0.25) is 0 Å². The summed E-state index contributed by atoms with van der Waals surface area (Å²) in [5.41, 5.74) is 0. The van der Waals surface area contributed by atoms with Crippen molar-refractivity contribution in [2.45, 2.75) is 40.2 Å². The standard InChI is InChI=1S/C14H21N3S2/c1-9(2)8-12-16-17-14(19-12)15-13(10(3)4)11-6-5-7-18-11/h5-7,9-10,13H,8H2,1-4H3,(H,15,17). The highest BCUT2D eigenvalue weighted by molar-refractivity contribution is 7.15. The molecule has 2 aromatic heterocycles. The Morgan fingerprint density at radius 1 is 1.21 bits per heavy atom. The van der Waals surface area contributed by atoms with E-state index in [9.17, 15) is 0 Å². The molecule has 0 saturated heterocycles. The summed E-state index contributed by atoms with van der Waals surface area (Å²) in [5, 5.41) is 16.2. The molecule has 0 saturated carbocycles. The Hall–Kier alpha value is -0.940. The quantitative estimate of drug-likeness (QED) is 0.846. The average Bonchev–Trinajstić information content (AvgIpc) is 2.95. The van der Waals surface area contributed by atoms with E-state index in [-0.39, 0.29) is 0 Å². The predicted octanol–water partition coefficient (Wildman–Crippen LogP) is 4.61. The molecule has 2 heterocycles. The minimum atomic E-state index is 0.319. The monoisotopic (exact) mass is 295 g/mol. The van der Waals surface area contributed by atoms with E-state index in [2.05, 4.69) is 60.7 Å². The largest absolute Gasteiger partial charge is 0.352 e. The van der Waals surface area contributed by atoms with Gasteiger partial charge in [0.2, 0.25) is 5.13 Å². The van der Waals surface area contributed by atoms with Gasteiger partial charge >= 0.3 is 0 Å². The highest BCUT2D eigenvalue weighted by atomic mass is 32.1. The SMILES string of the molecule is CC(C)Cc1nnc(NC(c2cccs2)C(C)C)s1. The first-order valence-electron chi connectivity index (χ1n) is 6.68. The molecule has 0 aliphatic carbocycles. The van der Waals surface area contributed by atoms with Crippen molar-refractivity contribution in [3.05, 3.63) is 27.4 Å². The minimum absolute atomic E-state index is 0.319. The van der Waals surface area contributed by atoms with E-state index >= 15 is 0 Å². The summed E-state index contributed by atoms with van der Waals surface area (Å²) in [5.74, 6) is 1.15. The van der Waals surface area contributed by atoms with Crippen LogP contribution in [0.15, 0.2) is 17.5 Å². The highest BCUT2D eigenvalue weighted by Crippen LogP contribution is 2.31. The molecular weight excluding hydrogens is 274 g/mol. The van der Waals surface area contributed by atoms with Gasteiger partial charge in [-0.05, 0) is 23.3 Å². The summed E-state index contributed by atoms with van der Waals surface area (Å²) in [7, 11) is 0. The van der Waals surface area contributed by atoms with Crippen LogP contribution in [0.5, 0.6) is 0 Å². The van der Waals surface area contributed by atoms with E-state index in [1.165, 1.54) is 4.88 Å². The number of hydrogen-bond donors (Lipinski definition) is 1. The smallest absolute Gasteiger partial charge is 0.206 e. The first-order valence-corrected chi connectivity index (χ1v) is 8.38. The summed E-state index contributed by atoms with van der Waals surface area (Å²) in [6.45, 7) is 8.87. The predicted molar refractivity (Wildman–Crippen MR) is 84.0 cm³/mol. The van der Waals surface area contributed by atoms with Crippen LogP contribution in [0.3, 0.4) is 0 Å². The van der Waals surface area contributed by atoms with Crippen molar-refractivity contribution in [1.82, 2.24) is 10.2 Å². The van der Waals surface area contributed by atoms with Crippen LogP contribution in [-0.4, -0.2) is 10.2 Å². The fourth-order valence-corrected chi connectivity index (χ4v) is 3.85. The molecule has 0 fully saturated rings. The zero-order valence-electron chi connectivity index (χ0n) is 11.9. The lowest BCUT2D eigenvalue weighted by atomic mass is 10.0. The van der Waals surface area contributed by atoms with E-state index in [4.69, 9.17) is 0 Å². The maximum atomic E-state index is 4.26. The van der Waals surface area contributed by atoms with Crippen LogP contribution in [0.4, 0.5) is 5.13 Å². The molecule has 2 rings (SSSR count). The molecule has 0 aliphatic rings. The zero-order valence-corrected chi connectivity index (χ0v) is 13.5. The van der Waals surface area contributed by atoms with Gasteiger partial charge in [0.05, 0.1) is 6.04 Å². The average molecular weight is 295 g/mol. The van der Waals surface area contributed by atoms with Crippen molar-refractivity contribution in [3.8, 4) is 0 Å². The van der Waals surface area contributed by atoms with Gasteiger partial charge in [0.25, 0.3) is 0 Å². The molecule has 1 atom stereocenters. The number of thiophene rings is 1. The Morgan fingerprint density at radius 3 is 2.58 bits per heavy atom. The van der Waals surface area contributed by atoms with Gasteiger partial charge in [0.1, 0.15) is 5.01 Å². The maximum absolute atomic E-state index is 4.26. The molecule has 19 heavy (non-hydrogen) atoms. The lowest BCUT2D eigenvalue weighted by molar-refractivity contribution is 0.553. The minimum Gasteiger partial charge on any atom is -0.352 e. The maximum Gasteiger partial charge on any atom is 0.206 e. The second-order valence-electron chi connectivity index (χ2n) is 5.48. The molecule has 0 amide bonds. The summed E-state index contributed by atoms with van der Waals surface area (Å²) in [4.78, 5) is 1.36. The van der Waals surface area contributed by atoms with Crippen LogP contribution in [0.2, 0.25) is 0 Å². The van der Waals surface area contributed by atoms with Gasteiger partial charge in [0, 0.05) is 11.3 Å². The molecule has 2 aromatic rings. The second-order valence-corrected chi connectivity index (χ2v) is 7.52. The lowest BCUT2D eigenvalue weighted by Gasteiger charge is -2.20. The molecule has 0 aliphatic heterocycles. The first kappa shape index (κ1) is 14.5. The van der Waals surface area contributed by atoms with E-state index in [1.54, 1.807) is 22.7 Å². The molecule has 0 bridgehead atoms. The summed E-state index contributed by atoms with van der Waals surface area (Å²) >= 11 is 3.47. The fourth-order valence-electron chi connectivity index (χ4n) is 1.91. The summed E-state index contributed by atoms with van der Waals surface area (Å²) in [6, 6.07) is 4.60. The number of rotatable bonds is 6. The van der Waals surface area contributed by atoms with Crippen molar-refractivity contribution in [2.75, 3.05) is 5.32 Å². The number of nitrogens with zero attached hydrogens (tertiary/aromatic N) is 2. The van der Waals surface area contributed by atoms with E-state index in [1.807, 2.05) is 0 Å². The third-order valence-corrected chi connectivity index (χ3v) is 4.68. The van der Waals surface area contributed by atoms with Crippen LogP contribution < -0.4 is 5.32 Å². The summed E-state index contributed by atoms with van der Waals surface area (Å²) < 4.78 is 0. The molecule has 104 valence electrons. The van der Waals surface area contributed by atoms with E-state index in [0.29, 0.717) is 17.9 Å². The van der Waals surface area contributed by atoms with Crippen molar-refractivity contribution in [2.24, 2.45) is 11.8 Å². The van der Waals surface area contributed by atoms with Gasteiger partial charge in [-0.25, -0.2) is 0 Å². The first-order chi connectivity index (χ1) is 9.06. The van der Waals surface area contributed by atoms with Crippen LogP contribution in [0.1, 0.15) is 43.6 Å².